The molecule has 23 heavy (non-hydrogen) atoms. The number of halogens is 2. The van der Waals surface area contributed by atoms with Gasteiger partial charge >= 0.3 is 5.97 Å². The fraction of sp³-hybridized carbons (Fsp3) is 0.0714. The first kappa shape index (κ1) is 15.4. The maximum Gasteiger partial charge on any atom is 0.322 e. The van der Waals surface area contributed by atoms with Crippen LogP contribution in [0.3, 0.4) is 0 Å². The fourth-order valence-electron chi connectivity index (χ4n) is 2.15. The maximum absolute atomic E-state index is 13.3. The second kappa shape index (κ2) is 5.64. The van der Waals surface area contributed by atoms with Crippen molar-refractivity contribution in [3.63, 3.8) is 0 Å². The number of pyridine rings is 1. The average Bonchev–Trinajstić information content (AvgIpc) is 2.87. The number of aromatic nitrogens is 1. The van der Waals surface area contributed by atoms with E-state index >= 15 is 0 Å². The van der Waals surface area contributed by atoms with E-state index in [1.807, 2.05) is 0 Å². The molecule has 9 heteroatoms. The van der Waals surface area contributed by atoms with E-state index in [0.29, 0.717) is 15.5 Å². The zero-order chi connectivity index (χ0) is 16.7. The zero-order valence-corrected chi connectivity index (χ0v) is 12.8. The first-order valence-electron chi connectivity index (χ1n) is 6.28. The number of carboxylic acid groups (broad SMARTS) is 1. The molecule has 0 unspecified atom stereocenters. The molecule has 3 rings (SSSR count). The van der Waals surface area contributed by atoms with Gasteiger partial charge in [0, 0.05) is 15.5 Å². The van der Waals surface area contributed by atoms with Crippen molar-refractivity contribution in [1.82, 2.24) is 10.3 Å². The number of amides is 1. The summed E-state index contributed by atoms with van der Waals surface area (Å²) in [5, 5.41) is 21.9. The van der Waals surface area contributed by atoms with Gasteiger partial charge in [-0.25, -0.2) is 9.37 Å². The Bertz CT molecular complexity index is 972. The molecule has 1 aromatic carbocycles. The minimum Gasteiger partial charge on any atom is -0.504 e. The first-order chi connectivity index (χ1) is 10.9. The monoisotopic (exact) mass is 354 g/mol. The molecule has 0 saturated heterocycles. The van der Waals surface area contributed by atoms with Gasteiger partial charge in [0.05, 0.1) is 4.70 Å². The molecular weight excluding hydrogens is 347 g/mol. The Hall–Kier alpha value is -2.45. The second-order valence-electron chi connectivity index (χ2n) is 4.62. The van der Waals surface area contributed by atoms with Crippen LogP contribution in [0.25, 0.3) is 20.2 Å². The van der Waals surface area contributed by atoms with Crippen LogP contribution in [0, 0.1) is 5.82 Å². The SMILES string of the molecule is O=C(O)CNC(=O)c1nc(Cl)c2c(sc3cc(F)ccc32)c1O. The van der Waals surface area contributed by atoms with E-state index in [1.165, 1.54) is 18.2 Å². The summed E-state index contributed by atoms with van der Waals surface area (Å²) in [5.74, 6) is -2.96. The van der Waals surface area contributed by atoms with Crippen molar-refractivity contribution in [3.05, 3.63) is 34.9 Å². The van der Waals surface area contributed by atoms with E-state index < -0.39 is 30.0 Å². The van der Waals surface area contributed by atoms with Gasteiger partial charge in [-0.1, -0.05) is 11.6 Å². The molecule has 1 amide bonds. The predicted molar refractivity (Wildman–Crippen MR) is 83.7 cm³/mol. The molecule has 118 valence electrons. The first-order valence-corrected chi connectivity index (χ1v) is 7.48. The highest BCUT2D eigenvalue weighted by molar-refractivity contribution is 7.26. The van der Waals surface area contributed by atoms with Crippen LogP contribution in [0.5, 0.6) is 5.75 Å². The third-order valence-corrected chi connectivity index (χ3v) is 4.56. The highest BCUT2D eigenvalue weighted by Gasteiger charge is 2.22. The summed E-state index contributed by atoms with van der Waals surface area (Å²) in [5.41, 5.74) is -0.379. The molecule has 0 radical (unpaired) electrons. The van der Waals surface area contributed by atoms with Gasteiger partial charge in [-0.15, -0.1) is 11.3 Å². The van der Waals surface area contributed by atoms with Crippen LogP contribution in [-0.2, 0) is 4.79 Å². The smallest absolute Gasteiger partial charge is 0.322 e. The molecule has 0 aliphatic rings. The number of rotatable bonds is 3. The zero-order valence-electron chi connectivity index (χ0n) is 11.3. The van der Waals surface area contributed by atoms with Crippen molar-refractivity contribution >= 4 is 55.0 Å². The summed E-state index contributed by atoms with van der Waals surface area (Å²) in [6.45, 7) is -0.618. The van der Waals surface area contributed by atoms with Crippen LogP contribution in [0.1, 0.15) is 10.5 Å². The number of benzene rings is 1. The summed E-state index contributed by atoms with van der Waals surface area (Å²) < 4.78 is 14.2. The molecule has 0 saturated carbocycles. The van der Waals surface area contributed by atoms with Gasteiger partial charge in [-0.05, 0) is 18.2 Å². The van der Waals surface area contributed by atoms with E-state index in [1.54, 1.807) is 0 Å². The van der Waals surface area contributed by atoms with Gasteiger partial charge < -0.3 is 15.5 Å². The Morgan fingerprint density at radius 2 is 2.13 bits per heavy atom. The molecule has 3 aromatic rings. The van der Waals surface area contributed by atoms with Gasteiger partial charge in [-0.2, -0.15) is 0 Å². The van der Waals surface area contributed by atoms with E-state index in [2.05, 4.69) is 10.3 Å². The number of thiophene rings is 1. The Morgan fingerprint density at radius 1 is 1.39 bits per heavy atom. The van der Waals surface area contributed by atoms with E-state index in [9.17, 15) is 19.1 Å². The lowest BCUT2D eigenvalue weighted by Crippen LogP contribution is -2.30. The number of aromatic hydroxyl groups is 1. The molecule has 0 spiro atoms. The van der Waals surface area contributed by atoms with Crippen LogP contribution in [-0.4, -0.2) is 33.6 Å². The lowest BCUT2D eigenvalue weighted by molar-refractivity contribution is -0.135. The Balaban J connectivity index is 2.19. The van der Waals surface area contributed by atoms with Gasteiger partial charge in [-0.3, -0.25) is 9.59 Å². The summed E-state index contributed by atoms with van der Waals surface area (Å²) in [6.07, 6.45) is 0. The third-order valence-electron chi connectivity index (χ3n) is 3.12. The number of aliphatic carboxylic acids is 1. The number of nitrogens with one attached hydrogen (secondary N) is 1. The molecule has 0 aliphatic carbocycles. The number of fused-ring (bicyclic) bond motifs is 3. The van der Waals surface area contributed by atoms with Crippen molar-refractivity contribution in [3.8, 4) is 5.75 Å². The normalized spacial score (nSPS) is 11.0. The summed E-state index contributed by atoms with van der Waals surface area (Å²) in [7, 11) is 0. The van der Waals surface area contributed by atoms with Gasteiger partial charge in [0.25, 0.3) is 5.91 Å². The largest absolute Gasteiger partial charge is 0.504 e. The van der Waals surface area contributed by atoms with Crippen LogP contribution in [0.2, 0.25) is 5.15 Å². The van der Waals surface area contributed by atoms with Crippen LogP contribution in [0.15, 0.2) is 18.2 Å². The van der Waals surface area contributed by atoms with E-state index in [4.69, 9.17) is 16.7 Å². The lowest BCUT2D eigenvalue weighted by atomic mass is 10.1. The topological polar surface area (TPSA) is 99.5 Å². The van der Waals surface area contributed by atoms with Crippen molar-refractivity contribution in [2.75, 3.05) is 6.54 Å². The Morgan fingerprint density at radius 3 is 2.83 bits per heavy atom. The van der Waals surface area contributed by atoms with Gasteiger partial charge in [0.2, 0.25) is 0 Å². The standard InChI is InChI=1S/C14H8ClFN2O4S/c15-13-9-6-2-1-5(16)3-7(6)23-12(9)11(21)10(18-13)14(22)17-4-8(19)20/h1-3,21H,4H2,(H,17,22)(H,19,20). The van der Waals surface area contributed by atoms with Crippen molar-refractivity contribution in [1.29, 1.82) is 0 Å². The molecule has 0 aliphatic heterocycles. The van der Waals surface area contributed by atoms with Crippen LogP contribution >= 0.6 is 22.9 Å². The maximum atomic E-state index is 13.3. The minimum atomic E-state index is -1.23. The number of hydrogen-bond acceptors (Lipinski definition) is 5. The highest BCUT2D eigenvalue weighted by Crippen LogP contribution is 2.43. The number of carbonyl (C=O) groups is 2. The molecule has 2 heterocycles. The number of carbonyl (C=O) groups excluding carboxylic acids is 1. The Labute approximate surface area is 137 Å². The number of hydrogen-bond donors (Lipinski definition) is 3. The lowest BCUT2D eigenvalue weighted by Gasteiger charge is -2.06. The summed E-state index contributed by atoms with van der Waals surface area (Å²) in [4.78, 5) is 26.3. The minimum absolute atomic E-state index is 0.0314. The van der Waals surface area contributed by atoms with E-state index in [0.717, 1.165) is 11.3 Å². The molecular formula is C14H8ClFN2O4S. The van der Waals surface area contributed by atoms with E-state index in [-0.39, 0.29) is 15.5 Å². The molecule has 2 aromatic heterocycles. The van der Waals surface area contributed by atoms with Crippen molar-refractivity contribution in [2.24, 2.45) is 0 Å². The number of nitrogens with zero attached hydrogens (tertiary/aromatic N) is 1. The summed E-state index contributed by atoms with van der Waals surface area (Å²) in [6, 6.07) is 4.07. The predicted octanol–water partition coefficient (Wildman–Crippen LogP) is 2.76. The third kappa shape index (κ3) is 2.66. The van der Waals surface area contributed by atoms with Gasteiger partial charge in [0.15, 0.2) is 11.4 Å². The van der Waals surface area contributed by atoms with Crippen LogP contribution in [0.4, 0.5) is 4.39 Å². The van der Waals surface area contributed by atoms with Crippen molar-refractivity contribution < 1.29 is 24.2 Å². The quantitative estimate of drug-likeness (QED) is 0.628. The fourth-order valence-corrected chi connectivity index (χ4v) is 3.66. The molecule has 0 fully saturated rings. The summed E-state index contributed by atoms with van der Waals surface area (Å²) >= 11 is 7.16. The number of carboxylic acids is 1. The average molecular weight is 355 g/mol. The second-order valence-corrected chi connectivity index (χ2v) is 6.03. The Kier molecular flexibility index (Phi) is 3.78. The molecule has 3 N–H and O–H groups in total. The molecule has 0 bridgehead atoms. The van der Waals surface area contributed by atoms with Crippen molar-refractivity contribution in [2.45, 2.75) is 0 Å². The van der Waals surface area contributed by atoms with Crippen LogP contribution < -0.4 is 5.32 Å². The van der Waals surface area contributed by atoms with Gasteiger partial charge in [0.1, 0.15) is 17.5 Å². The highest BCUT2D eigenvalue weighted by atomic mass is 35.5. The molecule has 0 atom stereocenters. The molecule has 6 nitrogen and oxygen atoms in total.